The lowest BCUT2D eigenvalue weighted by Crippen LogP contribution is -2.12. The highest BCUT2D eigenvalue weighted by Gasteiger charge is 2.10. The van der Waals surface area contributed by atoms with Crippen LogP contribution < -0.4 is 5.32 Å². The van der Waals surface area contributed by atoms with Crippen LogP contribution in [-0.2, 0) is 9.59 Å². The largest absolute Gasteiger partial charge is 0.481 e. The molecule has 0 unspecified atom stereocenters. The fraction of sp³-hybridized carbons (Fsp3) is 0.308. The molecule has 0 aliphatic carbocycles. The second kappa shape index (κ2) is 5.36. The van der Waals surface area contributed by atoms with Gasteiger partial charge in [-0.15, -0.1) is 0 Å². The molecule has 1 aromatic heterocycles. The van der Waals surface area contributed by atoms with Crippen LogP contribution in [0.1, 0.15) is 24.0 Å². The number of anilines is 1. The molecule has 2 rings (SSSR count). The quantitative estimate of drug-likeness (QED) is 0.901. The van der Waals surface area contributed by atoms with Crippen LogP contribution in [0.4, 0.5) is 5.13 Å². The van der Waals surface area contributed by atoms with Crippen molar-refractivity contribution in [2.24, 2.45) is 0 Å². The smallest absolute Gasteiger partial charge is 0.303 e. The zero-order valence-electron chi connectivity index (χ0n) is 10.7. The molecule has 1 amide bonds. The topological polar surface area (TPSA) is 79.3 Å². The van der Waals surface area contributed by atoms with Gasteiger partial charge in [0.1, 0.15) is 0 Å². The number of aliphatic carboxylic acids is 1. The number of carbonyl (C=O) groups is 2. The lowest BCUT2D eigenvalue weighted by atomic mass is 10.1. The van der Waals surface area contributed by atoms with E-state index in [-0.39, 0.29) is 18.7 Å². The summed E-state index contributed by atoms with van der Waals surface area (Å²) >= 11 is 1.39. The van der Waals surface area contributed by atoms with Crippen molar-refractivity contribution in [1.82, 2.24) is 4.98 Å². The number of nitrogens with zero attached hydrogens (tertiary/aromatic N) is 1. The summed E-state index contributed by atoms with van der Waals surface area (Å²) in [5.41, 5.74) is 3.18. The maximum atomic E-state index is 11.5. The van der Waals surface area contributed by atoms with Gasteiger partial charge in [-0.2, -0.15) is 0 Å². The van der Waals surface area contributed by atoms with Crippen LogP contribution in [0.5, 0.6) is 0 Å². The second-order valence-corrected chi connectivity index (χ2v) is 5.40. The Balaban J connectivity index is 2.13. The molecule has 2 N–H and O–H groups in total. The second-order valence-electron chi connectivity index (χ2n) is 4.37. The highest BCUT2D eigenvalue weighted by molar-refractivity contribution is 7.22. The van der Waals surface area contributed by atoms with E-state index < -0.39 is 5.97 Å². The molecule has 0 spiro atoms. The summed E-state index contributed by atoms with van der Waals surface area (Å²) in [6.07, 6.45) is -0.210. The number of aromatic nitrogens is 1. The Morgan fingerprint density at radius 2 is 1.95 bits per heavy atom. The lowest BCUT2D eigenvalue weighted by molar-refractivity contribution is -0.138. The van der Waals surface area contributed by atoms with Gasteiger partial charge >= 0.3 is 5.97 Å². The fourth-order valence-corrected chi connectivity index (χ4v) is 2.60. The van der Waals surface area contributed by atoms with Gasteiger partial charge in [-0.05, 0) is 37.1 Å². The first-order valence-electron chi connectivity index (χ1n) is 5.85. The molecule has 5 nitrogen and oxygen atoms in total. The number of hydrogen-bond donors (Lipinski definition) is 2. The van der Waals surface area contributed by atoms with Crippen molar-refractivity contribution < 1.29 is 14.7 Å². The van der Waals surface area contributed by atoms with Crippen LogP contribution in [0.15, 0.2) is 12.1 Å². The minimum atomic E-state index is -0.981. The van der Waals surface area contributed by atoms with Crippen LogP contribution in [0, 0.1) is 13.8 Å². The number of benzene rings is 1. The van der Waals surface area contributed by atoms with E-state index in [4.69, 9.17) is 5.11 Å². The van der Waals surface area contributed by atoms with Crippen LogP contribution in [0.2, 0.25) is 0 Å². The normalized spacial score (nSPS) is 10.6. The van der Waals surface area contributed by atoms with Gasteiger partial charge in [0.2, 0.25) is 5.91 Å². The minimum absolute atomic E-state index is 0.0384. The first-order valence-corrected chi connectivity index (χ1v) is 6.67. The lowest BCUT2D eigenvalue weighted by Gasteiger charge is -1.98. The number of thiazole rings is 1. The molecule has 0 saturated heterocycles. The molecule has 0 aliphatic rings. The van der Waals surface area contributed by atoms with Crippen LogP contribution >= 0.6 is 11.3 Å². The molecule has 0 fully saturated rings. The van der Waals surface area contributed by atoms with Crippen molar-refractivity contribution in [2.45, 2.75) is 26.7 Å². The standard InChI is InChI=1S/C13H14N2O3S/c1-7-5-9-10(6-8(7)2)19-13(14-9)15-11(16)3-4-12(17)18/h5-6H,3-4H2,1-2H3,(H,17,18)(H,14,15,16). The van der Waals surface area contributed by atoms with E-state index in [2.05, 4.69) is 10.3 Å². The van der Waals surface area contributed by atoms with E-state index in [0.29, 0.717) is 5.13 Å². The first kappa shape index (κ1) is 13.5. The van der Waals surface area contributed by atoms with Gasteiger partial charge in [0.05, 0.1) is 16.6 Å². The van der Waals surface area contributed by atoms with E-state index in [1.165, 1.54) is 16.9 Å². The third-order valence-electron chi connectivity index (χ3n) is 2.82. The number of fused-ring (bicyclic) bond motifs is 1. The number of carbonyl (C=O) groups excluding carboxylic acids is 1. The zero-order chi connectivity index (χ0) is 14.0. The molecule has 0 bridgehead atoms. The molecule has 2 aromatic rings. The summed E-state index contributed by atoms with van der Waals surface area (Å²) in [6.45, 7) is 4.04. The number of aryl methyl sites for hydroxylation is 2. The van der Waals surface area contributed by atoms with Crippen molar-refractivity contribution in [3.05, 3.63) is 23.3 Å². The maximum Gasteiger partial charge on any atom is 0.303 e. The van der Waals surface area contributed by atoms with Crippen molar-refractivity contribution in [2.75, 3.05) is 5.32 Å². The number of carboxylic acids is 1. The molecule has 100 valence electrons. The van der Waals surface area contributed by atoms with Crippen molar-refractivity contribution in [3.8, 4) is 0 Å². The van der Waals surface area contributed by atoms with Gasteiger partial charge in [-0.3, -0.25) is 9.59 Å². The van der Waals surface area contributed by atoms with E-state index in [9.17, 15) is 9.59 Å². The minimum Gasteiger partial charge on any atom is -0.481 e. The first-order chi connectivity index (χ1) is 8.95. The summed E-state index contributed by atoms with van der Waals surface area (Å²) in [5, 5.41) is 11.7. The van der Waals surface area contributed by atoms with Crippen molar-refractivity contribution >= 4 is 38.6 Å². The molecule has 0 atom stereocenters. The van der Waals surface area contributed by atoms with E-state index in [0.717, 1.165) is 15.8 Å². The van der Waals surface area contributed by atoms with Crippen LogP contribution in [0.25, 0.3) is 10.2 Å². The molecule has 1 heterocycles. The molecule has 0 saturated carbocycles. The highest BCUT2D eigenvalue weighted by Crippen LogP contribution is 2.28. The van der Waals surface area contributed by atoms with E-state index >= 15 is 0 Å². The maximum absolute atomic E-state index is 11.5. The Morgan fingerprint density at radius 1 is 1.26 bits per heavy atom. The van der Waals surface area contributed by atoms with Crippen molar-refractivity contribution in [3.63, 3.8) is 0 Å². The Morgan fingerprint density at radius 3 is 2.63 bits per heavy atom. The highest BCUT2D eigenvalue weighted by atomic mass is 32.1. The van der Waals surface area contributed by atoms with E-state index in [1.54, 1.807) is 0 Å². The Bertz CT molecular complexity index is 610. The number of amides is 1. The summed E-state index contributed by atoms with van der Waals surface area (Å²) in [4.78, 5) is 26.2. The number of nitrogens with one attached hydrogen (secondary N) is 1. The summed E-state index contributed by atoms with van der Waals surface area (Å²) in [6, 6.07) is 4.02. The van der Waals surface area contributed by atoms with Crippen LogP contribution in [-0.4, -0.2) is 22.0 Å². The third-order valence-corrected chi connectivity index (χ3v) is 3.75. The van der Waals surface area contributed by atoms with Gasteiger partial charge < -0.3 is 10.4 Å². The van der Waals surface area contributed by atoms with Gasteiger partial charge in [-0.1, -0.05) is 11.3 Å². The van der Waals surface area contributed by atoms with Crippen LogP contribution in [0.3, 0.4) is 0 Å². The molecular formula is C13H14N2O3S. The Hall–Kier alpha value is -1.95. The summed E-state index contributed by atoms with van der Waals surface area (Å²) in [7, 11) is 0. The van der Waals surface area contributed by atoms with E-state index in [1.807, 2.05) is 26.0 Å². The molecular weight excluding hydrogens is 264 g/mol. The molecule has 0 radical (unpaired) electrons. The monoisotopic (exact) mass is 278 g/mol. The predicted molar refractivity (Wildman–Crippen MR) is 74.6 cm³/mol. The number of rotatable bonds is 4. The Labute approximate surface area is 114 Å². The van der Waals surface area contributed by atoms with Gasteiger partial charge in [0.25, 0.3) is 0 Å². The fourth-order valence-electron chi connectivity index (χ4n) is 1.64. The SMILES string of the molecule is Cc1cc2nc(NC(=O)CCC(=O)O)sc2cc1C. The van der Waals surface area contributed by atoms with Crippen molar-refractivity contribution in [1.29, 1.82) is 0 Å². The summed E-state index contributed by atoms with van der Waals surface area (Å²) < 4.78 is 1.01. The molecule has 0 aliphatic heterocycles. The zero-order valence-corrected chi connectivity index (χ0v) is 11.5. The average Bonchev–Trinajstić information content (AvgIpc) is 2.68. The third kappa shape index (κ3) is 3.29. The average molecular weight is 278 g/mol. The molecule has 1 aromatic carbocycles. The van der Waals surface area contributed by atoms with Gasteiger partial charge in [0, 0.05) is 6.42 Å². The number of hydrogen-bond acceptors (Lipinski definition) is 4. The van der Waals surface area contributed by atoms with Gasteiger partial charge in [-0.25, -0.2) is 4.98 Å². The predicted octanol–water partition coefficient (Wildman–Crippen LogP) is 2.72. The Kier molecular flexibility index (Phi) is 3.80. The van der Waals surface area contributed by atoms with Gasteiger partial charge in [0.15, 0.2) is 5.13 Å². The summed E-state index contributed by atoms with van der Waals surface area (Å²) in [5.74, 6) is -1.31. The molecule has 19 heavy (non-hydrogen) atoms. The molecule has 6 heteroatoms. The number of carboxylic acid groups (broad SMARTS) is 1.